The third kappa shape index (κ3) is 3.23. The van der Waals surface area contributed by atoms with Gasteiger partial charge in [0.1, 0.15) is 5.75 Å². The number of rotatable bonds is 6. The van der Waals surface area contributed by atoms with Crippen LogP contribution in [0.4, 0.5) is 0 Å². The van der Waals surface area contributed by atoms with Crippen LogP contribution in [0.2, 0.25) is 0 Å². The molecular formula is C15H16O4. The molecule has 0 aromatic heterocycles. The smallest absolute Gasteiger partial charge is 0.335 e. The molecule has 0 radical (unpaired) electrons. The Morgan fingerprint density at radius 3 is 2.79 bits per heavy atom. The lowest BCUT2D eigenvalue weighted by molar-refractivity contribution is 0.0697. The third-order valence-electron chi connectivity index (χ3n) is 2.84. The van der Waals surface area contributed by atoms with Crippen molar-refractivity contribution >= 4 is 16.7 Å². The van der Waals surface area contributed by atoms with Crippen molar-refractivity contribution in [1.29, 1.82) is 0 Å². The Balaban J connectivity index is 2.22. The van der Waals surface area contributed by atoms with Crippen molar-refractivity contribution < 1.29 is 19.4 Å². The molecule has 0 aliphatic heterocycles. The van der Waals surface area contributed by atoms with E-state index in [-0.39, 0.29) is 5.56 Å². The molecule has 0 amide bonds. The molecule has 0 aliphatic rings. The van der Waals surface area contributed by atoms with Crippen LogP contribution >= 0.6 is 0 Å². The summed E-state index contributed by atoms with van der Waals surface area (Å²) in [6.45, 7) is 1.24. The zero-order valence-electron chi connectivity index (χ0n) is 10.8. The molecule has 2 rings (SSSR count). The van der Waals surface area contributed by atoms with Crippen LogP contribution in [0.25, 0.3) is 10.8 Å². The molecule has 2 aromatic carbocycles. The highest BCUT2D eigenvalue weighted by molar-refractivity contribution is 5.96. The number of methoxy groups -OCH3 is 1. The number of carboxylic acid groups (broad SMARTS) is 1. The molecule has 0 saturated carbocycles. The van der Waals surface area contributed by atoms with Gasteiger partial charge in [0.25, 0.3) is 0 Å². The molecular weight excluding hydrogens is 244 g/mol. The summed E-state index contributed by atoms with van der Waals surface area (Å²) in [6.07, 6.45) is 0.820. The van der Waals surface area contributed by atoms with Crippen LogP contribution in [-0.4, -0.2) is 31.4 Å². The third-order valence-corrected chi connectivity index (χ3v) is 2.84. The number of ether oxygens (including phenoxy) is 2. The molecule has 0 heterocycles. The molecule has 100 valence electrons. The van der Waals surface area contributed by atoms with E-state index in [1.54, 1.807) is 25.3 Å². The minimum Gasteiger partial charge on any atom is -0.493 e. The van der Waals surface area contributed by atoms with E-state index >= 15 is 0 Å². The van der Waals surface area contributed by atoms with Gasteiger partial charge in [0.15, 0.2) is 0 Å². The molecule has 1 N–H and O–H groups in total. The van der Waals surface area contributed by atoms with Crippen molar-refractivity contribution in [3.8, 4) is 5.75 Å². The summed E-state index contributed by atoms with van der Waals surface area (Å²) < 4.78 is 10.7. The Morgan fingerprint density at radius 2 is 2.05 bits per heavy atom. The average Bonchev–Trinajstić information content (AvgIpc) is 2.43. The topological polar surface area (TPSA) is 55.8 Å². The first-order valence-electron chi connectivity index (χ1n) is 6.10. The maximum absolute atomic E-state index is 10.9. The number of carbonyl (C=O) groups is 1. The molecule has 0 aliphatic carbocycles. The molecule has 2 aromatic rings. The van der Waals surface area contributed by atoms with Crippen molar-refractivity contribution in [1.82, 2.24) is 0 Å². The minimum atomic E-state index is -0.923. The van der Waals surface area contributed by atoms with Crippen LogP contribution in [0.3, 0.4) is 0 Å². The van der Waals surface area contributed by atoms with E-state index in [2.05, 4.69) is 0 Å². The lowest BCUT2D eigenvalue weighted by Gasteiger charge is -2.09. The number of aromatic carboxylic acids is 1. The van der Waals surface area contributed by atoms with Crippen LogP contribution in [0, 0.1) is 0 Å². The monoisotopic (exact) mass is 260 g/mol. The molecule has 0 bridgehead atoms. The standard InChI is InChI=1S/C15H16O4/c1-18-8-3-9-19-14-5-2-4-11-10-12(15(16)17)6-7-13(11)14/h2,4-7,10H,3,8-9H2,1H3,(H,16,17). The van der Waals surface area contributed by atoms with Gasteiger partial charge < -0.3 is 14.6 Å². The van der Waals surface area contributed by atoms with Gasteiger partial charge in [-0.1, -0.05) is 12.1 Å². The number of fused-ring (bicyclic) bond motifs is 1. The molecule has 4 heteroatoms. The van der Waals surface area contributed by atoms with E-state index in [0.29, 0.717) is 13.2 Å². The van der Waals surface area contributed by atoms with Crippen molar-refractivity contribution in [2.24, 2.45) is 0 Å². The summed E-state index contributed by atoms with van der Waals surface area (Å²) in [6, 6.07) is 10.6. The highest BCUT2D eigenvalue weighted by atomic mass is 16.5. The summed E-state index contributed by atoms with van der Waals surface area (Å²) in [4.78, 5) is 10.9. The predicted molar refractivity (Wildman–Crippen MR) is 72.9 cm³/mol. The van der Waals surface area contributed by atoms with Crippen LogP contribution in [0.15, 0.2) is 36.4 Å². The minimum absolute atomic E-state index is 0.282. The molecule has 0 fully saturated rings. The first-order valence-corrected chi connectivity index (χ1v) is 6.10. The fourth-order valence-corrected chi connectivity index (χ4v) is 1.90. The lowest BCUT2D eigenvalue weighted by Crippen LogP contribution is -2.02. The lowest BCUT2D eigenvalue weighted by atomic mass is 10.1. The normalized spacial score (nSPS) is 10.6. The maximum Gasteiger partial charge on any atom is 0.335 e. The van der Waals surface area contributed by atoms with E-state index in [0.717, 1.165) is 22.9 Å². The van der Waals surface area contributed by atoms with Gasteiger partial charge in [-0.3, -0.25) is 0 Å². The quantitative estimate of drug-likeness (QED) is 0.811. The second-order valence-corrected chi connectivity index (χ2v) is 4.19. The molecule has 0 unspecified atom stereocenters. The molecule has 0 atom stereocenters. The first kappa shape index (κ1) is 13.4. The van der Waals surface area contributed by atoms with E-state index in [4.69, 9.17) is 14.6 Å². The van der Waals surface area contributed by atoms with Crippen molar-refractivity contribution in [3.63, 3.8) is 0 Å². The number of hydrogen-bond acceptors (Lipinski definition) is 3. The van der Waals surface area contributed by atoms with Crippen LogP contribution < -0.4 is 4.74 Å². The summed E-state index contributed by atoms with van der Waals surface area (Å²) in [5, 5.41) is 10.8. The maximum atomic E-state index is 10.9. The number of benzene rings is 2. The SMILES string of the molecule is COCCCOc1cccc2cc(C(=O)O)ccc12. The van der Waals surface area contributed by atoms with E-state index in [9.17, 15) is 4.79 Å². The van der Waals surface area contributed by atoms with Gasteiger partial charge in [-0.2, -0.15) is 0 Å². The summed E-state index contributed by atoms with van der Waals surface area (Å²) in [7, 11) is 1.66. The van der Waals surface area contributed by atoms with E-state index < -0.39 is 5.97 Å². The van der Waals surface area contributed by atoms with Gasteiger partial charge >= 0.3 is 5.97 Å². The van der Waals surface area contributed by atoms with Gasteiger partial charge in [-0.05, 0) is 29.7 Å². The zero-order chi connectivity index (χ0) is 13.7. The number of carboxylic acids is 1. The molecule has 4 nitrogen and oxygen atoms in total. The van der Waals surface area contributed by atoms with E-state index in [1.807, 2.05) is 18.2 Å². The van der Waals surface area contributed by atoms with Crippen LogP contribution in [0.1, 0.15) is 16.8 Å². The van der Waals surface area contributed by atoms with Crippen molar-refractivity contribution in [3.05, 3.63) is 42.0 Å². The van der Waals surface area contributed by atoms with Gasteiger partial charge in [0, 0.05) is 25.5 Å². The summed E-state index contributed by atoms with van der Waals surface area (Å²) >= 11 is 0. The Hall–Kier alpha value is -2.07. The Bertz CT molecular complexity index is 577. The first-order chi connectivity index (χ1) is 9.22. The second-order valence-electron chi connectivity index (χ2n) is 4.19. The molecule has 0 spiro atoms. The number of hydrogen-bond donors (Lipinski definition) is 1. The second kappa shape index (κ2) is 6.20. The van der Waals surface area contributed by atoms with Crippen molar-refractivity contribution in [2.45, 2.75) is 6.42 Å². The highest BCUT2D eigenvalue weighted by Crippen LogP contribution is 2.26. The van der Waals surface area contributed by atoms with Gasteiger partial charge in [-0.15, -0.1) is 0 Å². The van der Waals surface area contributed by atoms with Gasteiger partial charge in [0.05, 0.1) is 12.2 Å². The summed E-state index contributed by atoms with van der Waals surface area (Å²) in [5.74, 6) is -0.154. The fraction of sp³-hybridized carbons (Fsp3) is 0.267. The van der Waals surface area contributed by atoms with E-state index in [1.165, 1.54) is 0 Å². The fourth-order valence-electron chi connectivity index (χ4n) is 1.90. The summed E-state index contributed by atoms with van der Waals surface area (Å²) in [5.41, 5.74) is 0.282. The predicted octanol–water partition coefficient (Wildman–Crippen LogP) is 2.95. The Kier molecular flexibility index (Phi) is 4.36. The molecule has 0 saturated heterocycles. The Morgan fingerprint density at radius 1 is 1.21 bits per heavy atom. The van der Waals surface area contributed by atoms with Gasteiger partial charge in [0.2, 0.25) is 0 Å². The zero-order valence-corrected chi connectivity index (χ0v) is 10.8. The van der Waals surface area contributed by atoms with Gasteiger partial charge in [-0.25, -0.2) is 4.79 Å². The van der Waals surface area contributed by atoms with Crippen molar-refractivity contribution in [2.75, 3.05) is 20.3 Å². The Labute approximate surface area is 111 Å². The van der Waals surface area contributed by atoms with Crippen LogP contribution in [-0.2, 0) is 4.74 Å². The largest absolute Gasteiger partial charge is 0.493 e. The average molecular weight is 260 g/mol. The highest BCUT2D eigenvalue weighted by Gasteiger charge is 2.06. The van der Waals surface area contributed by atoms with Crippen LogP contribution in [0.5, 0.6) is 5.75 Å². The molecule has 19 heavy (non-hydrogen) atoms.